The Morgan fingerprint density at radius 1 is 1.56 bits per heavy atom. The van der Waals surface area contributed by atoms with Crippen LogP contribution < -0.4 is 0 Å². The SMILES string of the molecule is CCCC(C)N(C)CCc1nc(CCl)cs1. The summed E-state index contributed by atoms with van der Waals surface area (Å²) in [5.74, 6) is 0.526. The van der Waals surface area contributed by atoms with Crippen molar-refractivity contribution in [3.63, 3.8) is 0 Å². The minimum Gasteiger partial charge on any atom is -0.303 e. The molecule has 0 bridgehead atoms. The van der Waals surface area contributed by atoms with E-state index in [0.29, 0.717) is 11.9 Å². The number of thiazole rings is 1. The van der Waals surface area contributed by atoms with Crippen LogP contribution in [0.15, 0.2) is 5.38 Å². The Balaban J connectivity index is 2.33. The summed E-state index contributed by atoms with van der Waals surface area (Å²) >= 11 is 7.45. The fourth-order valence-corrected chi connectivity index (χ4v) is 2.67. The van der Waals surface area contributed by atoms with Crippen molar-refractivity contribution in [2.75, 3.05) is 13.6 Å². The molecule has 0 fully saturated rings. The van der Waals surface area contributed by atoms with E-state index in [1.54, 1.807) is 11.3 Å². The van der Waals surface area contributed by atoms with E-state index in [0.717, 1.165) is 18.7 Å². The van der Waals surface area contributed by atoms with Crippen molar-refractivity contribution in [2.24, 2.45) is 0 Å². The van der Waals surface area contributed by atoms with Crippen LogP contribution in [0.2, 0.25) is 0 Å². The first-order chi connectivity index (χ1) is 7.67. The van der Waals surface area contributed by atoms with Crippen LogP contribution in [0.25, 0.3) is 0 Å². The Morgan fingerprint density at radius 3 is 2.88 bits per heavy atom. The number of aromatic nitrogens is 1. The summed E-state index contributed by atoms with van der Waals surface area (Å²) in [5.41, 5.74) is 1.01. The highest BCUT2D eigenvalue weighted by molar-refractivity contribution is 7.09. The van der Waals surface area contributed by atoms with Crippen molar-refractivity contribution < 1.29 is 0 Å². The predicted octanol–water partition coefficient (Wildman–Crippen LogP) is 3.54. The zero-order valence-electron chi connectivity index (χ0n) is 10.4. The molecule has 0 aliphatic rings. The highest BCUT2D eigenvalue weighted by atomic mass is 35.5. The number of likely N-dealkylation sites (N-methyl/N-ethyl adjacent to an activating group) is 1. The normalized spacial score (nSPS) is 13.3. The molecule has 0 saturated heterocycles. The maximum atomic E-state index is 5.73. The maximum Gasteiger partial charge on any atom is 0.0941 e. The van der Waals surface area contributed by atoms with E-state index in [2.05, 4.69) is 36.2 Å². The molecule has 92 valence electrons. The molecule has 0 aliphatic heterocycles. The highest BCUT2D eigenvalue weighted by Gasteiger charge is 2.09. The van der Waals surface area contributed by atoms with E-state index in [4.69, 9.17) is 11.6 Å². The van der Waals surface area contributed by atoms with Crippen molar-refractivity contribution in [3.05, 3.63) is 16.1 Å². The fourth-order valence-electron chi connectivity index (χ4n) is 1.66. The molecule has 0 amide bonds. The van der Waals surface area contributed by atoms with E-state index in [1.165, 1.54) is 17.8 Å². The first kappa shape index (κ1) is 13.9. The van der Waals surface area contributed by atoms with Crippen LogP contribution in [0.3, 0.4) is 0 Å². The minimum atomic E-state index is 0.526. The molecular weight excluding hydrogens is 240 g/mol. The van der Waals surface area contributed by atoms with Gasteiger partial charge >= 0.3 is 0 Å². The van der Waals surface area contributed by atoms with Crippen molar-refractivity contribution >= 4 is 22.9 Å². The summed E-state index contributed by atoms with van der Waals surface area (Å²) in [6.07, 6.45) is 3.55. The predicted molar refractivity (Wildman–Crippen MR) is 72.4 cm³/mol. The van der Waals surface area contributed by atoms with Crippen molar-refractivity contribution in [2.45, 2.75) is 45.0 Å². The molecular formula is C12H21ClN2S. The molecule has 0 radical (unpaired) electrons. The summed E-state index contributed by atoms with van der Waals surface area (Å²) in [4.78, 5) is 6.87. The minimum absolute atomic E-state index is 0.526. The second-order valence-corrected chi connectivity index (χ2v) is 5.44. The molecule has 1 unspecified atom stereocenters. The first-order valence-electron chi connectivity index (χ1n) is 5.86. The van der Waals surface area contributed by atoms with Gasteiger partial charge in [0.1, 0.15) is 0 Å². The van der Waals surface area contributed by atoms with Gasteiger partial charge in [-0.25, -0.2) is 4.98 Å². The molecule has 16 heavy (non-hydrogen) atoms. The molecule has 4 heteroatoms. The van der Waals surface area contributed by atoms with Gasteiger partial charge in [-0.15, -0.1) is 22.9 Å². The average Bonchev–Trinajstić information content (AvgIpc) is 2.74. The van der Waals surface area contributed by atoms with Gasteiger partial charge in [0, 0.05) is 24.4 Å². The van der Waals surface area contributed by atoms with Crippen LogP contribution in [0.1, 0.15) is 37.4 Å². The Kier molecular flexibility index (Phi) is 6.32. The maximum absolute atomic E-state index is 5.73. The molecule has 1 aromatic rings. The number of hydrogen-bond acceptors (Lipinski definition) is 3. The Hall–Kier alpha value is -0.120. The van der Waals surface area contributed by atoms with Gasteiger partial charge in [0.05, 0.1) is 16.6 Å². The second kappa shape index (κ2) is 7.25. The zero-order valence-corrected chi connectivity index (χ0v) is 11.9. The van der Waals surface area contributed by atoms with Gasteiger partial charge in [-0.2, -0.15) is 0 Å². The number of rotatable bonds is 7. The van der Waals surface area contributed by atoms with E-state index >= 15 is 0 Å². The second-order valence-electron chi connectivity index (χ2n) is 4.23. The number of hydrogen-bond donors (Lipinski definition) is 0. The molecule has 0 N–H and O–H groups in total. The van der Waals surface area contributed by atoms with Crippen LogP contribution >= 0.6 is 22.9 Å². The molecule has 0 aromatic carbocycles. The number of nitrogens with zero attached hydrogens (tertiary/aromatic N) is 2. The van der Waals surface area contributed by atoms with Crippen LogP contribution in [-0.2, 0) is 12.3 Å². The largest absolute Gasteiger partial charge is 0.303 e. The van der Waals surface area contributed by atoms with E-state index < -0.39 is 0 Å². The first-order valence-corrected chi connectivity index (χ1v) is 7.28. The van der Waals surface area contributed by atoms with Crippen LogP contribution in [0, 0.1) is 0 Å². The summed E-state index contributed by atoms with van der Waals surface area (Å²) in [5, 5.41) is 3.25. The highest BCUT2D eigenvalue weighted by Crippen LogP contribution is 2.13. The third-order valence-corrected chi connectivity index (χ3v) is 4.10. The number of halogens is 1. The van der Waals surface area contributed by atoms with Crippen LogP contribution in [0.4, 0.5) is 0 Å². The summed E-state index contributed by atoms with van der Waals surface area (Å²) in [6.45, 7) is 5.60. The Morgan fingerprint density at radius 2 is 2.31 bits per heavy atom. The smallest absolute Gasteiger partial charge is 0.0941 e. The van der Waals surface area contributed by atoms with Gasteiger partial charge in [-0.3, -0.25) is 0 Å². The lowest BCUT2D eigenvalue weighted by Crippen LogP contribution is -2.30. The molecule has 0 aliphatic carbocycles. The lowest BCUT2D eigenvalue weighted by Gasteiger charge is -2.23. The number of alkyl halides is 1. The van der Waals surface area contributed by atoms with Crippen LogP contribution in [-0.4, -0.2) is 29.5 Å². The average molecular weight is 261 g/mol. The van der Waals surface area contributed by atoms with Crippen LogP contribution in [0.5, 0.6) is 0 Å². The summed E-state index contributed by atoms with van der Waals surface area (Å²) in [7, 11) is 2.19. The summed E-state index contributed by atoms with van der Waals surface area (Å²) in [6, 6.07) is 0.664. The molecule has 0 saturated carbocycles. The third kappa shape index (κ3) is 4.40. The standard InChI is InChI=1S/C12H21ClN2S/c1-4-5-10(2)15(3)7-6-12-14-11(8-13)9-16-12/h9-10H,4-8H2,1-3H3. The Labute approximate surface area is 108 Å². The lowest BCUT2D eigenvalue weighted by molar-refractivity contribution is 0.247. The monoisotopic (exact) mass is 260 g/mol. The molecule has 2 nitrogen and oxygen atoms in total. The van der Waals surface area contributed by atoms with Gasteiger partial charge in [0.2, 0.25) is 0 Å². The third-order valence-electron chi connectivity index (χ3n) is 2.87. The molecule has 1 aromatic heterocycles. The lowest BCUT2D eigenvalue weighted by atomic mass is 10.2. The van der Waals surface area contributed by atoms with Gasteiger partial charge < -0.3 is 4.90 Å². The van der Waals surface area contributed by atoms with Gasteiger partial charge in [-0.05, 0) is 20.4 Å². The molecule has 1 atom stereocenters. The van der Waals surface area contributed by atoms with Gasteiger partial charge in [-0.1, -0.05) is 13.3 Å². The van der Waals surface area contributed by atoms with E-state index in [1.807, 2.05) is 0 Å². The fraction of sp³-hybridized carbons (Fsp3) is 0.750. The molecule has 0 spiro atoms. The summed E-state index contributed by atoms with van der Waals surface area (Å²) < 4.78 is 0. The zero-order chi connectivity index (χ0) is 12.0. The van der Waals surface area contributed by atoms with E-state index in [9.17, 15) is 0 Å². The quantitative estimate of drug-likeness (QED) is 0.697. The van der Waals surface area contributed by atoms with Crippen molar-refractivity contribution in [1.82, 2.24) is 9.88 Å². The van der Waals surface area contributed by atoms with Gasteiger partial charge in [0.15, 0.2) is 0 Å². The van der Waals surface area contributed by atoms with Crippen molar-refractivity contribution in [1.29, 1.82) is 0 Å². The molecule has 1 rings (SSSR count). The molecule has 1 heterocycles. The van der Waals surface area contributed by atoms with Gasteiger partial charge in [0.25, 0.3) is 0 Å². The Bertz CT molecular complexity index is 301. The van der Waals surface area contributed by atoms with Crippen molar-refractivity contribution in [3.8, 4) is 0 Å². The topological polar surface area (TPSA) is 16.1 Å². The van der Waals surface area contributed by atoms with E-state index in [-0.39, 0.29) is 0 Å².